The third kappa shape index (κ3) is 19.4. The second-order valence-electron chi connectivity index (χ2n) is 50.6. The van der Waals surface area contributed by atoms with Crippen molar-refractivity contribution in [2.75, 3.05) is 0 Å². The maximum atomic E-state index is 7.59. The highest BCUT2D eigenvalue weighted by Gasteiger charge is 2.39. The molecule has 7 heterocycles. The van der Waals surface area contributed by atoms with Gasteiger partial charge < -0.3 is 43.1 Å². The van der Waals surface area contributed by atoms with E-state index in [1.807, 2.05) is 36.4 Å². The lowest BCUT2D eigenvalue weighted by atomic mass is 9.80. The predicted octanol–water partition coefficient (Wildman–Crippen LogP) is 33.9. The van der Waals surface area contributed by atoms with Gasteiger partial charge in [-0.25, -0.2) is 29.9 Å². The smallest absolute Gasteiger partial charge is 0.170 e. The quantitative estimate of drug-likeness (QED) is 0.111. The van der Waals surface area contributed by atoms with Crippen molar-refractivity contribution in [2.45, 2.75) is 326 Å². The fourth-order valence-electron chi connectivity index (χ4n) is 17.6. The van der Waals surface area contributed by atoms with Crippen LogP contribution < -0.4 is 28.4 Å². The van der Waals surface area contributed by atoms with E-state index in [9.17, 15) is 0 Å². The van der Waals surface area contributed by atoms with Crippen LogP contribution in [0.25, 0.3) is 89.7 Å². The Morgan fingerprint density at radius 2 is 0.348 bits per heavy atom. The van der Waals surface area contributed by atoms with Crippen LogP contribution in [0, 0.1) is 0 Å². The van der Waals surface area contributed by atoms with Gasteiger partial charge in [0.15, 0.2) is 57.8 Å². The third-order valence-corrected chi connectivity index (χ3v) is 26.8. The van der Waals surface area contributed by atoms with E-state index >= 15 is 0 Å². The number of nitrogens with zero attached hydrogens (tertiary/aromatic N) is 6. The fraction of sp³-hybridized carbons (Fsp3) is 0.417. The summed E-state index contributed by atoms with van der Waals surface area (Å²) < 4.78 is 52.0. The summed E-state index contributed by atoms with van der Waals surface area (Å²) in [6.45, 7) is 80.7. The molecule has 2 N–H and O–H groups in total. The molecule has 135 heavy (non-hydrogen) atoms. The Morgan fingerprint density at radius 1 is 0.193 bits per heavy atom. The van der Waals surface area contributed by atoms with Crippen LogP contribution in [0.5, 0.6) is 69.0 Å². The van der Waals surface area contributed by atoms with Gasteiger partial charge in [0.2, 0.25) is 0 Å². The van der Waals surface area contributed by atoms with Gasteiger partial charge in [-0.2, -0.15) is 0 Å². The first-order valence-electron chi connectivity index (χ1n) is 48.2. The zero-order valence-corrected chi connectivity index (χ0v) is 86.9. The first kappa shape index (κ1) is 94.8. The van der Waals surface area contributed by atoms with E-state index in [2.05, 4.69) is 393 Å². The highest BCUT2D eigenvalue weighted by molar-refractivity contribution is 6.08. The standard InChI is InChI=1S/C120H140N8O7/c1-109(2,3)65-39-66(110(4,5)6)46-77(45-65)129-95-59-87-89(61-97(95)131-79-49-69(113(13,14)15)41-70(50-79)114(16,17)18)105-124-103(87)122-101-85-57-83-84(94-38-37-93(83)135-94)58-86(85)102(121-101)123-104-88-60-96(130-78-47-67(111(7,8)9)40-68(48-78)112(10,11)12)98(132-80-51-71(115(19,20)21)42-72(52-80)116(22,23)24)62-90(88)106(125-104)127-108-92-64-100(134-82-55-75(119(31,32)33)44-76(56-82)120(34,35)36)99(63-91(92)107(126-105)128-108)133-81-53-73(117(25,26)27)43-74(54-81)118(28,29)30/h37-64,93-94H,1-36H3,(H2,121,122,123,124,125,126,127,128). The summed E-state index contributed by atoms with van der Waals surface area (Å²) in [5.74, 6) is 7.97. The normalized spacial score (nSPS) is 15.1. The molecule has 0 aliphatic carbocycles. The SMILES string of the molecule is CC(C)(C)c1cc(Oc2cc3c(cc2Oc2cc(C(C)(C)C)cc(C(C)(C)C)c2)-c2nc-3nc3[nH]c(nc4nc(nc5[nH]c(n2)c2cc(Oc6cc(C(C)(C)C)cc(C(C)(C)C)c6)c(Oc6cc(C(C)(C)C)cc(C(C)(C)C)c6)cc52)-c2cc5c(cc2-4)C2C=CC5O2)c2cc(Oc4cc(C(C)(C)C)cc(C(C)(C)C)c4)c(Oc4cc(C(C)(C)C)cc(C(C)(C)C)c4)cc32)cc(C(C)(C)C)c1. The lowest BCUT2D eigenvalue weighted by Crippen LogP contribution is -2.16. The summed E-state index contributed by atoms with van der Waals surface area (Å²) in [6, 6.07) is 56.4. The van der Waals surface area contributed by atoms with Crippen LogP contribution in [-0.2, 0) is 69.7 Å². The molecule has 0 fully saturated rings. The molecular formula is C120H140N8O7. The van der Waals surface area contributed by atoms with Crippen LogP contribution in [0.1, 0.15) is 339 Å². The number of nitrogens with one attached hydrogen (secondary N) is 2. The average molecular weight is 1810 g/mol. The summed E-state index contributed by atoms with van der Waals surface area (Å²) >= 11 is 0. The molecule has 0 radical (unpaired) electrons. The number of hydrogen-bond acceptors (Lipinski definition) is 13. The molecule has 4 aliphatic heterocycles. The van der Waals surface area contributed by atoms with Crippen molar-refractivity contribution in [1.29, 1.82) is 0 Å². The minimum Gasteiger partial charge on any atom is -0.453 e. The number of benzene rings is 10. The molecule has 0 spiro atoms. The van der Waals surface area contributed by atoms with Crippen molar-refractivity contribution < 1.29 is 33.2 Å². The molecule has 10 aromatic carbocycles. The Bertz CT molecular complexity index is 6590. The molecule has 0 amide bonds. The molecule has 0 saturated heterocycles. The molecule has 4 aliphatic rings. The number of ether oxygens (including phenoxy) is 7. The van der Waals surface area contributed by atoms with Crippen LogP contribution in [0.3, 0.4) is 0 Å². The number of rotatable bonds is 12. The second kappa shape index (κ2) is 32.4. The molecule has 15 nitrogen and oxygen atoms in total. The van der Waals surface area contributed by atoms with Crippen molar-refractivity contribution in [3.05, 3.63) is 248 Å². The van der Waals surface area contributed by atoms with E-state index in [0.717, 1.165) is 89.0 Å². The number of aromatic nitrogens is 8. The van der Waals surface area contributed by atoms with E-state index < -0.39 is 0 Å². The highest BCUT2D eigenvalue weighted by Crippen LogP contribution is 2.55. The molecule has 10 bridgehead atoms. The van der Waals surface area contributed by atoms with Gasteiger partial charge in [0, 0.05) is 43.8 Å². The Morgan fingerprint density at radius 3 is 0.511 bits per heavy atom. The minimum atomic E-state index is -0.264. The van der Waals surface area contributed by atoms with Gasteiger partial charge in [-0.15, -0.1) is 0 Å². The number of H-pyrrole nitrogens is 2. The van der Waals surface area contributed by atoms with Crippen molar-refractivity contribution >= 4 is 44.1 Å². The Kier molecular flexibility index (Phi) is 22.7. The van der Waals surface area contributed by atoms with E-state index in [0.29, 0.717) is 148 Å². The van der Waals surface area contributed by atoms with Crippen molar-refractivity contribution in [2.24, 2.45) is 0 Å². The molecule has 0 saturated carbocycles. The van der Waals surface area contributed by atoms with Crippen LogP contribution >= 0.6 is 0 Å². The predicted molar refractivity (Wildman–Crippen MR) is 555 cm³/mol. The number of aromatic amines is 2. The Hall–Kier alpha value is -11.9. The van der Waals surface area contributed by atoms with Crippen molar-refractivity contribution in [1.82, 2.24) is 39.9 Å². The van der Waals surface area contributed by atoms with Gasteiger partial charge in [-0.1, -0.05) is 298 Å². The van der Waals surface area contributed by atoms with E-state index in [1.165, 1.54) is 0 Å². The Labute approximate surface area is 800 Å². The molecule has 13 aromatic rings. The summed E-state index contributed by atoms with van der Waals surface area (Å²) in [5, 5.41) is 2.63. The summed E-state index contributed by atoms with van der Waals surface area (Å²) in [4.78, 5) is 42.6. The van der Waals surface area contributed by atoms with Gasteiger partial charge in [-0.3, -0.25) is 0 Å². The van der Waals surface area contributed by atoms with Gasteiger partial charge in [-0.05, 0) is 264 Å². The lowest BCUT2D eigenvalue weighted by molar-refractivity contribution is 0.0879. The van der Waals surface area contributed by atoms with Gasteiger partial charge >= 0.3 is 0 Å². The van der Waals surface area contributed by atoms with Crippen LogP contribution in [0.4, 0.5) is 0 Å². The van der Waals surface area contributed by atoms with E-state index in [4.69, 9.17) is 63.1 Å². The summed E-state index contributed by atoms with van der Waals surface area (Å²) in [6.07, 6.45) is 3.74. The van der Waals surface area contributed by atoms with Crippen molar-refractivity contribution in [3.8, 4) is 115 Å². The molecular weight excluding hydrogens is 1670 g/mol. The fourth-order valence-corrected chi connectivity index (χ4v) is 17.6. The van der Waals surface area contributed by atoms with Gasteiger partial charge in [0.1, 0.15) is 69.3 Å². The van der Waals surface area contributed by atoms with Crippen LogP contribution in [0.15, 0.2) is 170 Å². The first-order valence-corrected chi connectivity index (χ1v) is 48.2. The molecule has 2 atom stereocenters. The van der Waals surface area contributed by atoms with Gasteiger partial charge in [0.25, 0.3) is 0 Å². The largest absolute Gasteiger partial charge is 0.453 e. The van der Waals surface area contributed by atoms with Crippen LogP contribution in [-0.4, -0.2) is 39.9 Å². The van der Waals surface area contributed by atoms with E-state index in [1.54, 1.807) is 0 Å². The topological polar surface area (TPSA) is 174 Å². The summed E-state index contributed by atoms with van der Waals surface area (Å²) in [5.41, 5.74) is 17.1. The summed E-state index contributed by atoms with van der Waals surface area (Å²) in [7, 11) is 0. The zero-order valence-electron chi connectivity index (χ0n) is 86.9. The maximum Gasteiger partial charge on any atom is 0.170 e. The lowest BCUT2D eigenvalue weighted by Gasteiger charge is -2.27. The molecule has 3 aromatic heterocycles. The minimum absolute atomic E-state index is 0.238. The van der Waals surface area contributed by atoms with Crippen molar-refractivity contribution in [3.63, 3.8) is 0 Å². The number of hydrogen-bond donors (Lipinski definition) is 2. The number of fused-ring (bicyclic) bond motifs is 25. The molecule has 2 unspecified atom stereocenters. The molecule has 15 heteroatoms. The monoisotopic (exact) mass is 1810 g/mol. The Balaban J connectivity index is 1.03. The first-order chi connectivity index (χ1) is 62.3. The van der Waals surface area contributed by atoms with E-state index in [-0.39, 0.29) is 77.2 Å². The highest BCUT2D eigenvalue weighted by atomic mass is 16.5. The average Bonchev–Trinajstić information content (AvgIpc) is 1.57. The maximum absolute atomic E-state index is 7.59. The third-order valence-electron chi connectivity index (χ3n) is 26.8. The molecule has 17 rings (SSSR count). The zero-order chi connectivity index (χ0) is 97.8. The van der Waals surface area contributed by atoms with Gasteiger partial charge in [0.05, 0.1) is 0 Å². The molecule has 702 valence electrons. The second-order valence-corrected chi connectivity index (χ2v) is 50.6. The van der Waals surface area contributed by atoms with Crippen LogP contribution in [0.2, 0.25) is 0 Å².